The Balaban J connectivity index is 2.19. The number of H-pyrrole nitrogens is 1. The van der Waals surface area contributed by atoms with E-state index in [-0.39, 0.29) is 0 Å². The van der Waals surface area contributed by atoms with Gasteiger partial charge in [-0.1, -0.05) is 18.2 Å². The summed E-state index contributed by atoms with van der Waals surface area (Å²) in [6.07, 6.45) is 1.58. The summed E-state index contributed by atoms with van der Waals surface area (Å²) in [6.45, 7) is 1.45. The SMILES string of the molecule is COCCN(CCOC)C(=O)C(=O)c1c[nH]c2ccccc12. The lowest BCUT2D eigenvalue weighted by Crippen LogP contribution is -2.40. The molecule has 0 aliphatic carbocycles. The molecule has 118 valence electrons. The van der Waals surface area contributed by atoms with Gasteiger partial charge >= 0.3 is 0 Å². The summed E-state index contributed by atoms with van der Waals surface area (Å²) in [5.74, 6) is -1.07. The fraction of sp³-hybridized carbons (Fsp3) is 0.375. The monoisotopic (exact) mass is 304 g/mol. The highest BCUT2D eigenvalue weighted by molar-refractivity contribution is 6.44. The van der Waals surface area contributed by atoms with Gasteiger partial charge in [-0.3, -0.25) is 9.59 Å². The van der Waals surface area contributed by atoms with E-state index in [1.54, 1.807) is 20.4 Å². The van der Waals surface area contributed by atoms with Gasteiger partial charge in [0.2, 0.25) is 0 Å². The molecule has 2 rings (SSSR count). The van der Waals surface area contributed by atoms with E-state index in [0.29, 0.717) is 31.9 Å². The summed E-state index contributed by atoms with van der Waals surface area (Å²) in [7, 11) is 3.11. The average molecular weight is 304 g/mol. The van der Waals surface area contributed by atoms with Crippen molar-refractivity contribution in [2.24, 2.45) is 0 Å². The minimum atomic E-state index is -0.543. The number of hydrogen-bond donors (Lipinski definition) is 1. The molecule has 0 saturated heterocycles. The molecular formula is C16H20N2O4. The predicted octanol–water partition coefficient (Wildman–Crippen LogP) is 1.47. The molecule has 22 heavy (non-hydrogen) atoms. The zero-order chi connectivity index (χ0) is 15.9. The van der Waals surface area contributed by atoms with Gasteiger partial charge in [-0.05, 0) is 6.07 Å². The molecule has 1 amide bonds. The second-order valence-electron chi connectivity index (χ2n) is 4.85. The first-order valence-electron chi connectivity index (χ1n) is 7.06. The Kier molecular flexibility index (Phi) is 5.68. The number of ether oxygens (including phenoxy) is 2. The van der Waals surface area contributed by atoms with Crippen molar-refractivity contribution in [1.82, 2.24) is 9.88 Å². The highest BCUT2D eigenvalue weighted by Crippen LogP contribution is 2.18. The number of Topliss-reactive ketones (excluding diaryl/α,β-unsaturated/α-hetero) is 1. The molecule has 2 aromatic rings. The molecule has 1 aromatic carbocycles. The van der Waals surface area contributed by atoms with Crippen molar-refractivity contribution < 1.29 is 19.1 Å². The van der Waals surface area contributed by atoms with Crippen LogP contribution in [-0.4, -0.2) is 62.1 Å². The summed E-state index contributed by atoms with van der Waals surface area (Å²) >= 11 is 0. The molecule has 1 N–H and O–H groups in total. The molecule has 0 saturated carbocycles. The molecular weight excluding hydrogens is 284 g/mol. The van der Waals surface area contributed by atoms with Crippen LogP contribution >= 0.6 is 0 Å². The lowest BCUT2D eigenvalue weighted by molar-refractivity contribution is -0.127. The van der Waals surface area contributed by atoms with Crippen LogP contribution in [0.25, 0.3) is 10.9 Å². The largest absolute Gasteiger partial charge is 0.383 e. The fourth-order valence-corrected chi connectivity index (χ4v) is 2.24. The van der Waals surface area contributed by atoms with E-state index in [4.69, 9.17) is 9.47 Å². The molecule has 0 fully saturated rings. The van der Waals surface area contributed by atoms with Crippen LogP contribution in [0.1, 0.15) is 10.4 Å². The van der Waals surface area contributed by atoms with Crippen LogP contribution in [0.2, 0.25) is 0 Å². The standard InChI is InChI=1S/C16H20N2O4/c1-21-9-7-18(8-10-22-2)16(20)15(19)13-11-17-14-6-4-3-5-12(13)14/h3-6,11,17H,7-10H2,1-2H3. The van der Waals surface area contributed by atoms with Crippen molar-refractivity contribution in [2.45, 2.75) is 0 Å². The third-order valence-corrected chi connectivity index (χ3v) is 3.45. The minimum Gasteiger partial charge on any atom is -0.383 e. The maximum atomic E-state index is 12.5. The van der Waals surface area contributed by atoms with Gasteiger partial charge in [0.05, 0.1) is 18.8 Å². The van der Waals surface area contributed by atoms with Crippen LogP contribution in [0.5, 0.6) is 0 Å². The highest BCUT2D eigenvalue weighted by Gasteiger charge is 2.25. The molecule has 6 nitrogen and oxygen atoms in total. The van der Waals surface area contributed by atoms with E-state index in [1.807, 2.05) is 24.3 Å². The van der Waals surface area contributed by atoms with Gasteiger partial charge in [-0.25, -0.2) is 0 Å². The zero-order valence-corrected chi connectivity index (χ0v) is 12.8. The lowest BCUT2D eigenvalue weighted by atomic mass is 10.1. The topological polar surface area (TPSA) is 71.6 Å². The number of amides is 1. The number of benzene rings is 1. The molecule has 6 heteroatoms. The molecule has 0 atom stereocenters. The van der Waals surface area contributed by atoms with E-state index in [0.717, 1.165) is 10.9 Å². The summed E-state index contributed by atoms with van der Waals surface area (Å²) in [5, 5.41) is 0.749. The number of carbonyl (C=O) groups excluding carboxylic acids is 2. The number of para-hydroxylation sites is 1. The number of nitrogens with zero attached hydrogens (tertiary/aromatic N) is 1. The summed E-state index contributed by atoms with van der Waals surface area (Å²) in [5.41, 5.74) is 1.22. The van der Waals surface area contributed by atoms with Gasteiger partial charge in [-0.2, -0.15) is 0 Å². The van der Waals surface area contributed by atoms with E-state index in [2.05, 4.69) is 4.98 Å². The highest BCUT2D eigenvalue weighted by atomic mass is 16.5. The maximum Gasteiger partial charge on any atom is 0.295 e. The normalized spacial score (nSPS) is 10.8. The predicted molar refractivity (Wildman–Crippen MR) is 83.0 cm³/mol. The molecule has 0 bridgehead atoms. The van der Waals surface area contributed by atoms with Crippen LogP contribution in [0.15, 0.2) is 30.5 Å². The van der Waals surface area contributed by atoms with E-state index >= 15 is 0 Å². The third kappa shape index (κ3) is 3.52. The van der Waals surface area contributed by atoms with Gasteiger partial charge in [-0.15, -0.1) is 0 Å². The number of aromatic nitrogens is 1. The van der Waals surface area contributed by atoms with Gasteiger partial charge in [0.25, 0.3) is 11.7 Å². The number of hydrogen-bond acceptors (Lipinski definition) is 4. The second kappa shape index (κ2) is 7.72. The maximum absolute atomic E-state index is 12.5. The molecule has 0 unspecified atom stereocenters. The number of nitrogens with one attached hydrogen (secondary N) is 1. The van der Waals surface area contributed by atoms with Crippen LogP contribution in [-0.2, 0) is 14.3 Å². The zero-order valence-electron chi connectivity index (χ0n) is 12.8. The van der Waals surface area contributed by atoms with Crippen LogP contribution in [0.3, 0.4) is 0 Å². The average Bonchev–Trinajstić information content (AvgIpc) is 2.98. The van der Waals surface area contributed by atoms with Crippen LogP contribution < -0.4 is 0 Å². The Morgan fingerprint density at radius 3 is 2.36 bits per heavy atom. The molecule has 1 aromatic heterocycles. The molecule has 0 aliphatic rings. The molecule has 0 aliphatic heterocycles. The van der Waals surface area contributed by atoms with Crippen molar-refractivity contribution in [2.75, 3.05) is 40.5 Å². The number of fused-ring (bicyclic) bond motifs is 1. The smallest absolute Gasteiger partial charge is 0.295 e. The fourth-order valence-electron chi connectivity index (χ4n) is 2.24. The Morgan fingerprint density at radius 2 is 1.73 bits per heavy atom. The quantitative estimate of drug-likeness (QED) is 0.592. The molecule has 0 spiro atoms. The van der Waals surface area contributed by atoms with Crippen molar-refractivity contribution in [3.05, 3.63) is 36.0 Å². The van der Waals surface area contributed by atoms with Gasteiger partial charge < -0.3 is 19.4 Å². The van der Waals surface area contributed by atoms with E-state index in [1.165, 1.54) is 4.90 Å². The van der Waals surface area contributed by atoms with Gasteiger partial charge in [0, 0.05) is 44.4 Å². The molecule has 1 heterocycles. The number of ketones is 1. The Hall–Kier alpha value is -2.18. The summed E-state index contributed by atoms with van der Waals surface area (Å²) in [4.78, 5) is 29.4. The van der Waals surface area contributed by atoms with E-state index in [9.17, 15) is 9.59 Å². The minimum absolute atomic E-state index is 0.354. The van der Waals surface area contributed by atoms with Crippen molar-refractivity contribution in [3.63, 3.8) is 0 Å². The van der Waals surface area contributed by atoms with Crippen molar-refractivity contribution in [1.29, 1.82) is 0 Å². The first-order valence-corrected chi connectivity index (χ1v) is 7.06. The van der Waals surface area contributed by atoms with Gasteiger partial charge in [0.1, 0.15) is 0 Å². The number of rotatable bonds is 8. The molecule has 0 radical (unpaired) electrons. The van der Waals surface area contributed by atoms with Crippen molar-refractivity contribution in [3.8, 4) is 0 Å². The Labute approximate surface area is 129 Å². The number of methoxy groups -OCH3 is 2. The van der Waals surface area contributed by atoms with Gasteiger partial charge in [0.15, 0.2) is 0 Å². The second-order valence-corrected chi connectivity index (χ2v) is 4.85. The van der Waals surface area contributed by atoms with Crippen LogP contribution in [0.4, 0.5) is 0 Å². The first kappa shape index (κ1) is 16.2. The first-order chi connectivity index (χ1) is 10.7. The lowest BCUT2D eigenvalue weighted by Gasteiger charge is -2.21. The van der Waals surface area contributed by atoms with E-state index < -0.39 is 11.7 Å². The Bertz CT molecular complexity index is 642. The Morgan fingerprint density at radius 1 is 1.09 bits per heavy atom. The number of aromatic amines is 1. The summed E-state index contributed by atoms with van der Waals surface area (Å²) < 4.78 is 9.98. The number of carbonyl (C=O) groups is 2. The van der Waals surface area contributed by atoms with Crippen LogP contribution in [0, 0.1) is 0 Å². The third-order valence-electron chi connectivity index (χ3n) is 3.45. The summed E-state index contributed by atoms with van der Waals surface area (Å²) in [6, 6.07) is 7.40. The van der Waals surface area contributed by atoms with Crippen molar-refractivity contribution >= 4 is 22.6 Å².